The number of para-hydroxylation sites is 1. The minimum atomic E-state index is 0.782. The van der Waals surface area contributed by atoms with Crippen LogP contribution in [0.4, 0.5) is 0 Å². The number of nitrogens with one attached hydrogen (secondary N) is 1. The summed E-state index contributed by atoms with van der Waals surface area (Å²) in [6, 6.07) is 8.47. The molecule has 0 aliphatic carbocycles. The van der Waals surface area contributed by atoms with Gasteiger partial charge in [-0.3, -0.25) is 0 Å². The molecule has 0 aliphatic rings. The molecule has 2 heterocycles. The monoisotopic (exact) mass is 269 g/mol. The van der Waals surface area contributed by atoms with Crippen LogP contribution in [0, 0.1) is 13.8 Å². The van der Waals surface area contributed by atoms with Crippen LogP contribution in [0.1, 0.15) is 22.6 Å². The predicted octanol–water partition coefficient (Wildman–Crippen LogP) is 3.07. The van der Waals surface area contributed by atoms with E-state index in [4.69, 9.17) is 4.52 Å². The van der Waals surface area contributed by atoms with E-state index >= 15 is 0 Å². The molecule has 0 fully saturated rings. The number of rotatable bonds is 4. The summed E-state index contributed by atoms with van der Waals surface area (Å²) < 4.78 is 7.35. The van der Waals surface area contributed by atoms with Crippen molar-refractivity contribution in [3.8, 4) is 0 Å². The second kappa shape index (κ2) is 5.13. The van der Waals surface area contributed by atoms with Gasteiger partial charge in [0.15, 0.2) is 0 Å². The molecule has 0 bridgehead atoms. The first-order valence-electron chi connectivity index (χ1n) is 6.82. The zero-order valence-electron chi connectivity index (χ0n) is 12.1. The van der Waals surface area contributed by atoms with Crippen molar-refractivity contribution >= 4 is 10.9 Å². The Morgan fingerprint density at radius 1 is 1.20 bits per heavy atom. The molecule has 20 heavy (non-hydrogen) atoms. The minimum absolute atomic E-state index is 0.782. The molecule has 0 atom stereocenters. The highest BCUT2D eigenvalue weighted by atomic mass is 16.5. The summed E-state index contributed by atoms with van der Waals surface area (Å²) in [5.41, 5.74) is 4.70. The van der Waals surface area contributed by atoms with Gasteiger partial charge < -0.3 is 14.4 Å². The molecule has 0 aliphatic heterocycles. The van der Waals surface area contributed by atoms with Gasteiger partial charge in [-0.25, -0.2) is 0 Å². The summed E-state index contributed by atoms with van der Waals surface area (Å²) in [5.74, 6) is 0.896. The van der Waals surface area contributed by atoms with E-state index in [9.17, 15) is 0 Å². The summed E-state index contributed by atoms with van der Waals surface area (Å²) in [4.78, 5) is 0. The first-order valence-corrected chi connectivity index (χ1v) is 6.82. The zero-order valence-corrected chi connectivity index (χ0v) is 12.1. The van der Waals surface area contributed by atoms with Crippen molar-refractivity contribution in [1.29, 1.82) is 0 Å². The van der Waals surface area contributed by atoms with Crippen LogP contribution in [0.2, 0.25) is 0 Å². The van der Waals surface area contributed by atoms with E-state index in [1.165, 1.54) is 16.5 Å². The third-order valence-electron chi connectivity index (χ3n) is 3.78. The van der Waals surface area contributed by atoms with Gasteiger partial charge in [0.25, 0.3) is 0 Å². The van der Waals surface area contributed by atoms with Crippen LogP contribution in [-0.4, -0.2) is 9.72 Å². The van der Waals surface area contributed by atoms with Crippen molar-refractivity contribution in [2.75, 3.05) is 0 Å². The molecule has 0 amide bonds. The summed E-state index contributed by atoms with van der Waals surface area (Å²) in [7, 11) is 2.08. The highest BCUT2D eigenvalue weighted by Crippen LogP contribution is 2.20. The van der Waals surface area contributed by atoms with E-state index in [2.05, 4.69) is 52.6 Å². The van der Waals surface area contributed by atoms with Gasteiger partial charge >= 0.3 is 0 Å². The Labute approximate surface area is 118 Å². The van der Waals surface area contributed by atoms with Crippen LogP contribution in [0.3, 0.4) is 0 Å². The molecule has 0 saturated heterocycles. The molecule has 0 radical (unpaired) electrons. The Kier molecular flexibility index (Phi) is 3.32. The fraction of sp³-hybridized carbons (Fsp3) is 0.312. The third kappa shape index (κ3) is 2.23. The van der Waals surface area contributed by atoms with E-state index in [1.807, 2.05) is 13.8 Å². The van der Waals surface area contributed by atoms with Crippen LogP contribution in [0.25, 0.3) is 10.9 Å². The third-order valence-corrected chi connectivity index (χ3v) is 3.78. The first kappa shape index (κ1) is 12.9. The number of aromatic nitrogens is 2. The number of fused-ring (bicyclic) bond motifs is 1. The highest BCUT2D eigenvalue weighted by Gasteiger charge is 2.09. The van der Waals surface area contributed by atoms with Crippen molar-refractivity contribution < 1.29 is 4.52 Å². The number of hydrogen-bond acceptors (Lipinski definition) is 3. The molecule has 2 aromatic heterocycles. The van der Waals surface area contributed by atoms with Crippen LogP contribution in [-0.2, 0) is 20.1 Å². The normalized spacial score (nSPS) is 11.3. The van der Waals surface area contributed by atoms with Crippen LogP contribution in [0.15, 0.2) is 35.0 Å². The number of hydrogen-bond donors (Lipinski definition) is 1. The molecule has 4 heteroatoms. The second-order valence-corrected chi connectivity index (χ2v) is 5.19. The van der Waals surface area contributed by atoms with Gasteiger partial charge in [-0.05, 0) is 25.5 Å². The van der Waals surface area contributed by atoms with Gasteiger partial charge in [0, 0.05) is 42.8 Å². The van der Waals surface area contributed by atoms with Crippen LogP contribution >= 0.6 is 0 Å². The van der Waals surface area contributed by atoms with Crippen LogP contribution in [0.5, 0.6) is 0 Å². The SMILES string of the molecule is Cc1noc(C)c1CNCc1cn(C)c2ccccc12. The van der Waals surface area contributed by atoms with Crippen LogP contribution < -0.4 is 5.32 Å². The van der Waals surface area contributed by atoms with Gasteiger partial charge in [-0.1, -0.05) is 23.4 Å². The van der Waals surface area contributed by atoms with Crippen molar-refractivity contribution in [3.63, 3.8) is 0 Å². The fourth-order valence-electron chi connectivity index (χ4n) is 2.64. The minimum Gasteiger partial charge on any atom is -0.361 e. The molecule has 104 valence electrons. The van der Waals surface area contributed by atoms with Gasteiger partial charge in [0.2, 0.25) is 0 Å². The summed E-state index contributed by atoms with van der Waals surface area (Å²) in [5, 5.41) is 8.76. The largest absolute Gasteiger partial charge is 0.361 e. The highest BCUT2D eigenvalue weighted by molar-refractivity contribution is 5.83. The van der Waals surface area contributed by atoms with E-state index < -0.39 is 0 Å². The molecule has 3 rings (SSSR count). The average molecular weight is 269 g/mol. The van der Waals surface area contributed by atoms with E-state index in [1.54, 1.807) is 0 Å². The summed E-state index contributed by atoms with van der Waals surface area (Å²) in [6.45, 7) is 5.55. The smallest absolute Gasteiger partial charge is 0.138 e. The van der Waals surface area contributed by atoms with Crippen molar-refractivity contribution in [1.82, 2.24) is 15.0 Å². The van der Waals surface area contributed by atoms with Gasteiger partial charge in [0.05, 0.1) is 5.69 Å². The Bertz CT molecular complexity index is 720. The molecule has 0 spiro atoms. The lowest BCUT2D eigenvalue weighted by atomic mass is 10.1. The Balaban J connectivity index is 1.75. The molecule has 1 N–H and O–H groups in total. The van der Waals surface area contributed by atoms with E-state index in [-0.39, 0.29) is 0 Å². The lowest BCUT2D eigenvalue weighted by Gasteiger charge is -2.03. The second-order valence-electron chi connectivity index (χ2n) is 5.19. The lowest BCUT2D eigenvalue weighted by Crippen LogP contribution is -2.13. The Morgan fingerprint density at radius 2 is 2.00 bits per heavy atom. The topological polar surface area (TPSA) is 43.0 Å². The Hall–Kier alpha value is -2.07. The maximum Gasteiger partial charge on any atom is 0.138 e. The molecule has 1 aromatic carbocycles. The number of aryl methyl sites for hydroxylation is 3. The Morgan fingerprint density at radius 3 is 2.75 bits per heavy atom. The maximum atomic E-state index is 5.18. The quantitative estimate of drug-likeness (QED) is 0.791. The standard InChI is InChI=1S/C16H19N3O/c1-11-15(12(2)20-18-11)9-17-8-13-10-19(3)16-7-5-4-6-14(13)16/h4-7,10,17H,8-9H2,1-3H3. The molecule has 0 saturated carbocycles. The van der Waals surface area contributed by atoms with E-state index in [0.717, 1.165) is 30.1 Å². The number of nitrogens with zero attached hydrogens (tertiary/aromatic N) is 2. The molecular formula is C16H19N3O. The summed E-state index contributed by atoms with van der Waals surface area (Å²) >= 11 is 0. The van der Waals surface area contributed by atoms with Crippen molar-refractivity contribution in [2.24, 2.45) is 7.05 Å². The molecule has 0 unspecified atom stereocenters. The summed E-state index contributed by atoms with van der Waals surface area (Å²) in [6.07, 6.45) is 2.19. The zero-order chi connectivity index (χ0) is 14.1. The molecule has 3 aromatic rings. The van der Waals surface area contributed by atoms with Gasteiger partial charge in [-0.2, -0.15) is 0 Å². The van der Waals surface area contributed by atoms with Crippen molar-refractivity contribution in [3.05, 3.63) is 53.0 Å². The fourth-order valence-corrected chi connectivity index (χ4v) is 2.64. The van der Waals surface area contributed by atoms with Gasteiger partial charge in [0.1, 0.15) is 5.76 Å². The number of benzene rings is 1. The lowest BCUT2D eigenvalue weighted by molar-refractivity contribution is 0.392. The van der Waals surface area contributed by atoms with Crippen molar-refractivity contribution in [2.45, 2.75) is 26.9 Å². The average Bonchev–Trinajstić information content (AvgIpc) is 2.94. The van der Waals surface area contributed by atoms with E-state index in [0.29, 0.717) is 0 Å². The van der Waals surface area contributed by atoms with Gasteiger partial charge in [-0.15, -0.1) is 0 Å². The molecule has 4 nitrogen and oxygen atoms in total. The first-order chi connectivity index (χ1) is 9.66. The maximum absolute atomic E-state index is 5.18. The predicted molar refractivity (Wildman–Crippen MR) is 79.4 cm³/mol. The molecular weight excluding hydrogens is 250 g/mol.